The number of benzene rings is 2. The van der Waals surface area contributed by atoms with E-state index in [0.717, 1.165) is 42.9 Å². The summed E-state index contributed by atoms with van der Waals surface area (Å²) in [6.45, 7) is 1.78. The van der Waals surface area contributed by atoms with Crippen molar-refractivity contribution >= 4 is 17.6 Å². The van der Waals surface area contributed by atoms with Crippen LogP contribution in [0.15, 0.2) is 54.6 Å². The second kappa shape index (κ2) is 8.50. The maximum Gasteiger partial charge on any atom is 0.314 e. The number of rotatable bonds is 5. The van der Waals surface area contributed by atoms with E-state index < -0.39 is 0 Å². The normalized spacial score (nSPS) is 19.4. The van der Waals surface area contributed by atoms with Gasteiger partial charge < -0.3 is 4.74 Å². The highest BCUT2D eigenvalue weighted by atomic mass is 35.5. The molecule has 0 amide bonds. The molecule has 0 saturated carbocycles. The van der Waals surface area contributed by atoms with Crippen molar-refractivity contribution in [2.75, 3.05) is 13.7 Å². The molecule has 0 unspecified atom stereocenters. The smallest absolute Gasteiger partial charge is 0.314 e. The molecule has 2 atom stereocenters. The third-order valence-electron chi connectivity index (χ3n) is 4.94. The van der Waals surface area contributed by atoms with Crippen LogP contribution in [-0.4, -0.2) is 30.6 Å². The van der Waals surface area contributed by atoms with Gasteiger partial charge in [0.1, 0.15) is 0 Å². The Bertz CT molecular complexity index is 704. The van der Waals surface area contributed by atoms with Gasteiger partial charge in [-0.1, -0.05) is 60.5 Å². The lowest BCUT2D eigenvalue weighted by molar-refractivity contribution is -0.144. The van der Waals surface area contributed by atoms with E-state index in [2.05, 4.69) is 11.0 Å². The number of hydrogen-bond donors (Lipinski definition) is 0. The zero-order valence-corrected chi connectivity index (χ0v) is 15.3. The first kappa shape index (κ1) is 18.0. The lowest BCUT2D eigenvalue weighted by Gasteiger charge is -2.39. The molecule has 2 aromatic carbocycles. The molecular formula is C21H24ClNO2. The van der Waals surface area contributed by atoms with Crippen LogP contribution in [0.1, 0.15) is 36.3 Å². The zero-order chi connectivity index (χ0) is 17.6. The molecule has 0 N–H and O–H groups in total. The highest BCUT2D eigenvalue weighted by Crippen LogP contribution is 2.32. The second-order valence-corrected chi connectivity index (χ2v) is 7.01. The van der Waals surface area contributed by atoms with Gasteiger partial charge in [0.25, 0.3) is 0 Å². The van der Waals surface area contributed by atoms with E-state index in [4.69, 9.17) is 16.3 Å². The molecule has 0 aromatic heterocycles. The van der Waals surface area contributed by atoms with Gasteiger partial charge >= 0.3 is 5.97 Å². The summed E-state index contributed by atoms with van der Waals surface area (Å²) in [5, 5.41) is 0.749. The highest BCUT2D eigenvalue weighted by Gasteiger charge is 2.36. The first-order chi connectivity index (χ1) is 12.2. The fourth-order valence-corrected chi connectivity index (χ4v) is 3.98. The number of nitrogens with zero attached hydrogens (tertiary/aromatic N) is 1. The van der Waals surface area contributed by atoms with Crippen molar-refractivity contribution in [3.05, 3.63) is 70.7 Å². The number of esters is 1. The van der Waals surface area contributed by atoms with E-state index in [1.807, 2.05) is 48.5 Å². The van der Waals surface area contributed by atoms with Gasteiger partial charge in [-0.2, -0.15) is 0 Å². The van der Waals surface area contributed by atoms with Gasteiger partial charge in [-0.15, -0.1) is 0 Å². The summed E-state index contributed by atoms with van der Waals surface area (Å²) in [6, 6.07) is 18.1. The van der Waals surface area contributed by atoms with Crippen LogP contribution in [0.5, 0.6) is 0 Å². The van der Waals surface area contributed by atoms with Gasteiger partial charge in [0.2, 0.25) is 0 Å². The molecule has 0 aliphatic carbocycles. The van der Waals surface area contributed by atoms with E-state index in [1.54, 1.807) is 0 Å². The maximum atomic E-state index is 12.6. The van der Waals surface area contributed by atoms with Crippen LogP contribution in [0.4, 0.5) is 0 Å². The van der Waals surface area contributed by atoms with Crippen molar-refractivity contribution in [1.82, 2.24) is 4.90 Å². The Kier molecular flexibility index (Phi) is 6.11. The first-order valence-electron chi connectivity index (χ1n) is 8.80. The predicted molar refractivity (Wildman–Crippen MR) is 101 cm³/mol. The molecule has 2 aromatic rings. The van der Waals surface area contributed by atoms with Crippen LogP contribution in [-0.2, 0) is 16.1 Å². The third kappa shape index (κ3) is 4.42. The number of carbonyl (C=O) groups excluding carboxylic acids is 1. The lowest BCUT2D eigenvalue weighted by atomic mass is 9.85. The zero-order valence-electron chi connectivity index (χ0n) is 14.5. The number of halogens is 1. The molecule has 3 rings (SSSR count). The molecule has 1 aliphatic rings. The highest BCUT2D eigenvalue weighted by molar-refractivity contribution is 6.30. The monoisotopic (exact) mass is 357 g/mol. The van der Waals surface area contributed by atoms with Crippen molar-refractivity contribution in [1.29, 1.82) is 0 Å². The van der Waals surface area contributed by atoms with E-state index in [-0.39, 0.29) is 17.9 Å². The molecule has 1 fully saturated rings. The van der Waals surface area contributed by atoms with E-state index in [1.165, 1.54) is 12.7 Å². The van der Waals surface area contributed by atoms with Crippen LogP contribution < -0.4 is 0 Å². The maximum absolute atomic E-state index is 12.6. The minimum absolute atomic E-state index is 0.141. The summed E-state index contributed by atoms with van der Waals surface area (Å²) in [6.07, 6.45) is 3.28. The number of methoxy groups -OCH3 is 1. The van der Waals surface area contributed by atoms with Crippen LogP contribution in [0.3, 0.4) is 0 Å². The summed E-state index contributed by atoms with van der Waals surface area (Å²) in [5.74, 6) is -0.417. The Labute approximate surface area is 154 Å². The summed E-state index contributed by atoms with van der Waals surface area (Å²) >= 11 is 6.14. The largest absolute Gasteiger partial charge is 0.469 e. The summed E-state index contributed by atoms with van der Waals surface area (Å²) in [7, 11) is 1.47. The van der Waals surface area contributed by atoms with E-state index in [9.17, 15) is 4.79 Å². The Hall–Kier alpha value is -1.84. The predicted octanol–water partition coefficient (Wildman–Crippen LogP) is 4.65. The Morgan fingerprint density at radius 2 is 2.00 bits per heavy atom. The van der Waals surface area contributed by atoms with E-state index >= 15 is 0 Å². The van der Waals surface area contributed by atoms with Crippen molar-refractivity contribution < 1.29 is 9.53 Å². The molecule has 4 heteroatoms. The first-order valence-corrected chi connectivity index (χ1v) is 9.18. The molecule has 25 heavy (non-hydrogen) atoms. The summed E-state index contributed by atoms with van der Waals surface area (Å²) in [4.78, 5) is 15.0. The Morgan fingerprint density at radius 1 is 1.20 bits per heavy atom. The Balaban J connectivity index is 1.88. The minimum Gasteiger partial charge on any atom is -0.469 e. The second-order valence-electron chi connectivity index (χ2n) is 6.58. The fourth-order valence-electron chi connectivity index (χ4n) is 3.76. The summed E-state index contributed by atoms with van der Waals surface area (Å²) < 4.78 is 5.15. The lowest BCUT2D eigenvalue weighted by Crippen LogP contribution is -2.45. The molecule has 3 nitrogen and oxygen atoms in total. The number of ether oxygens (including phenoxy) is 1. The van der Waals surface area contributed by atoms with Gasteiger partial charge in [-0.25, -0.2) is 0 Å². The standard InChI is InChI=1S/C21H24ClNO2/c1-25-21(24)20(17-9-3-2-4-10-17)19-12-5-6-13-23(19)15-16-8-7-11-18(22)14-16/h2-4,7-11,14,19-20H,5-6,12-13,15H2,1H3/t19-,20-/m1/s1. The topological polar surface area (TPSA) is 29.5 Å². The van der Waals surface area contributed by atoms with Gasteiger partial charge in [-0.3, -0.25) is 9.69 Å². The van der Waals surface area contributed by atoms with Crippen molar-refractivity contribution in [3.8, 4) is 0 Å². The van der Waals surface area contributed by atoms with Crippen LogP contribution in [0.25, 0.3) is 0 Å². The van der Waals surface area contributed by atoms with Gasteiger partial charge in [0, 0.05) is 17.6 Å². The number of piperidine rings is 1. The molecular weight excluding hydrogens is 334 g/mol. The molecule has 0 radical (unpaired) electrons. The molecule has 1 heterocycles. The van der Waals surface area contributed by atoms with Crippen LogP contribution in [0, 0.1) is 0 Å². The molecule has 0 bridgehead atoms. The third-order valence-corrected chi connectivity index (χ3v) is 5.17. The van der Waals surface area contributed by atoms with Crippen molar-refractivity contribution in [2.24, 2.45) is 0 Å². The van der Waals surface area contributed by atoms with E-state index in [0.29, 0.717) is 0 Å². The number of hydrogen-bond acceptors (Lipinski definition) is 3. The average molecular weight is 358 g/mol. The van der Waals surface area contributed by atoms with Gasteiger partial charge in [0.15, 0.2) is 0 Å². The molecule has 1 saturated heterocycles. The number of carbonyl (C=O) groups is 1. The molecule has 1 aliphatic heterocycles. The minimum atomic E-state index is -0.259. The van der Waals surface area contributed by atoms with Gasteiger partial charge in [-0.05, 0) is 42.6 Å². The van der Waals surface area contributed by atoms with Crippen LogP contribution >= 0.6 is 11.6 Å². The van der Waals surface area contributed by atoms with Crippen LogP contribution in [0.2, 0.25) is 5.02 Å². The van der Waals surface area contributed by atoms with Gasteiger partial charge in [0.05, 0.1) is 13.0 Å². The molecule has 132 valence electrons. The summed E-state index contributed by atoms with van der Waals surface area (Å²) in [5.41, 5.74) is 2.20. The Morgan fingerprint density at radius 3 is 2.72 bits per heavy atom. The van der Waals surface area contributed by atoms with Crippen molar-refractivity contribution in [2.45, 2.75) is 37.8 Å². The van der Waals surface area contributed by atoms with Crippen molar-refractivity contribution in [3.63, 3.8) is 0 Å². The fraction of sp³-hybridized carbons (Fsp3) is 0.381. The quantitative estimate of drug-likeness (QED) is 0.729. The average Bonchev–Trinajstić information content (AvgIpc) is 2.64. The molecule has 0 spiro atoms. The number of likely N-dealkylation sites (tertiary alicyclic amines) is 1. The SMILES string of the molecule is COC(=O)[C@H](c1ccccc1)[C@H]1CCCCN1Cc1cccc(Cl)c1.